The first kappa shape index (κ1) is 18.2. The van der Waals surface area contributed by atoms with Gasteiger partial charge >= 0.3 is 0 Å². The molecule has 1 spiro atoms. The Morgan fingerprint density at radius 1 is 1.31 bits per heavy atom. The number of carbonyl (C=O) groups excluding carboxylic acids is 2. The van der Waals surface area contributed by atoms with Crippen LogP contribution in [0.4, 0.5) is 0 Å². The number of likely N-dealkylation sites (tertiary alicyclic amines) is 1. The molecule has 0 bridgehead atoms. The summed E-state index contributed by atoms with van der Waals surface area (Å²) in [5.41, 5.74) is 1.80. The van der Waals surface area contributed by atoms with E-state index < -0.39 is 5.60 Å². The van der Waals surface area contributed by atoms with Crippen LogP contribution in [0, 0.1) is 5.92 Å². The standard InChI is InChI=1S/C20H24N6O3/c27-18(14-4-5-14)22-10-16-17-11-29-20(13-26(17)24-23-16)6-2-8-25(12-20)19(28)15-3-1-7-21-9-15/h1,3,7,9,14H,2,4-6,8,10-13H2,(H,22,27). The van der Waals surface area contributed by atoms with Gasteiger partial charge in [0.2, 0.25) is 5.91 Å². The lowest BCUT2D eigenvalue weighted by atomic mass is 9.91. The second-order valence-corrected chi connectivity index (χ2v) is 8.18. The van der Waals surface area contributed by atoms with Gasteiger partial charge in [0.25, 0.3) is 5.91 Å². The van der Waals surface area contributed by atoms with Gasteiger partial charge in [0.1, 0.15) is 11.3 Å². The van der Waals surface area contributed by atoms with E-state index in [-0.39, 0.29) is 17.7 Å². The Hall–Kier alpha value is -2.81. The third-order valence-electron chi connectivity index (χ3n) is 5.98. The normalized spacial score (nSPS) is 23.7. The number of carbonyl (C=O) groups is 2. The third-order valence-corrected chi connectivity index (χ3v) is 5.98. The molecule has 0 radical (unpaired) electrons. The van der Waals surface area contributed by atoms with Crippen LogP contribution in [0.25, 0.3) is 0 Å². The number of hydrogen-bond acceptors (Lipinski definition) is 6. The monoisotopic (exact) mass is 396 g/mol. The van der Waals surface area contributed by atoms with Crippen LogP contribution in [-0.4, -0.2) is 55.4 Å². The molecule has 3 aliphatic rings. The highest BCUT2D eigenvalue weighted by atomic mass is 16.5. The molecule has 4 heterocycles. The summed E-state index contributed by atoms with van der Waals surface area (Å²) in [5, 5.41) is 11.5. The minimum Gasteiger partial charge on any atom is -0.365 e. The highest BCUT2D eigenvalue weighted by Crippen LogP contribution is 2.33. The number of ether oxygens (including phenoxy) is 1. The number of pyridine rings is 1. The Kier molecular flexibility index (Phi) is 4.54. The Labute approximate surface area is 168 Å². The van der Waals surface area contributed by atoms with Crippen molar-refractivity contribution in [2.24, 2.45) is 5.92 Å². The molecule has 1 unspecified atom stereocenters. The molecule has 1 saturated heterocycles. The SMILES string of the molecule is O=C(NCc1nnn2c1COC1(CCCN(C(=O)c3cccnc3)C1)C2)C1CC1. The molecule has 2 aromatic rings. The number of nitrogens with zero attached hydrogens (tertiary/aromatic N) is 5. The van der Waals surface area contributed by atoms with Crippen molar-refractivity contribution in [1.82, 2.24) is 30.2 Å². The highest BCUT2D eigenvalue weighted by Gasteiger charge is 2.42. The van der Waals surface area contributed by atoms with Crippen LogP contribution < -0.4 is 5.32 Å². The number of amides is 2. The summed E-state index contributed by atoms with van der Waals surface area (Å²) in [6.45, 7) is 2.56. The second-order valence-electron chi connectivity index (χ2n) is 8.18. The van der Waals surface area contributed by atoms with Crippen molar-refractivity contribution in [2.45, 2.75) is 51.0 Å². The van der Waals surface area contributed by atoms with E-state index in [0.29, 0.717) is 38.3 Å². The molecule has 29 heavy (non-hydrogen) atoms. The van der Waals surface area contributed by atoms with Crippen molar-refractivity contribution in [3.05, 3.63) is 41.5 Å². The van der Waals surface area contributed by atoms with E-state index in [9.17, 15) is 9.59 Å². The summed E-state index contributed by atoms with van der Waals surface area (Å²) in [4.78, 5) is 30.6. The largest absolute Gasteiger partial charge is 0.365 e. The Morgan fingerprint density at radius 3 is 3.00 bits per heavy atom. The van der Waals surface area contributed by atoms with Crippen LogP contribution in [0.15, 0.2) is 24.5 Å². The number of rotatable bonds is 4. The Balaban J connectivity index is 1.27. The van der Waals surface area contributed by atoms with Gasteiger partial charge in [-0.05, 0) is 37.8 Å². The van der Waals surface area contributed by atoms with Gasteiger partial charge in [0, 0.05) is 24.9 Å². The van der Waals surface area contributed by atoms with Crippen molar-refractivity contribution in [3.8, 4) is 0 Å². The molecule has 152 valence electrons. The molecule has 2 fully saturated rings. The fourth-order valence-corrected chi connectivity index (χ4v) is 4.18. The minimum atomic E-state index is -0.453. The van der Waals surface area contributed by atoms with Crippen molar-refractivity contribution in [1.29, 1.82) is 0 Å². The van der Waals surface area contributed by atoms with E-state index in [2.05, 4.69) is 20.6 Å². The quantitative estimate of drug-likeness (QED) is 0.824. The summed E-state index contributed by atoms with van der Waals surface area (Å²) in [7, 11) is 0. The molecule has 1 aliphatic carbocycles. The highest BCUT2D eigenvalue weighted by molar-refractivity contribution is 5.94. The molecule has 2 aromatic heterocycles. The molecule has 1 saturated carbocycles. The average Bonchev–Trinajstić information content (AvgIpc) is 3.53. The van der Waals surface area contributed by atoms with Crippen LogP contribution in [-0.2, 0) is 29.2 Å². The van der Waals surface area contributed by atoms with E-state index in [1.165, 1.54) is 0 Å². The zero-order valence-electron chi connectivity index (χ0n) is 16.2. The molecule has 9 heteroatoms. The summed E-state index contributed by atoms with van der Waals surface area (Å²) < 4.78 is 8.17. The maximum absolute atomic E-state index is 12.8. The summed E-state index contributed by atoms with van der Waals surface area (Å²) in [6, 6.07) is 3.56. The molecule has 5 rings (SSSR count). The first-order valence-electron chi connectivity index (χ1n) is 10.2. The Bertz CT molecular complexity index is 926. The summed E-state index contributed by atoms with van der Waals surface area (Å²) in [5.74, 6) is 0.247. The lowest BCUT2D eigenvalue weighted by molar-refractivity contribution is -0.123. The summed E-state index contributed by atoms with van der Waals surface area (Å²) >= 11 is 0. The zero-order valence-corrected chi connectivity index (χ0v) is 16.2. The maximum Gasteiger partial charge on any atom is 0.255 e. The molecule has 1 atom stereocenters. The molecule has 2 amide bonds. The smallest absolute Gasteiger partial charge is 0.255 e. The predicted octanol–water partition coefficient (Wildman–Crippen LogP) is 0.904. The molecule has 2 aliphatic heterocycles. The van der Waals surface area contributed by atoms with Gasteiger partial charge in [-0.1, -0.05) is 5.21 Å². The average molecular weight is 396 g/mol. The van der Waals surface area contributed by atoms with Crippen LogP contribution in [0.3, 0.4) is 0 Å². The van der Waals surface area contributed by atoms with Gasteiger partial charge < -0.3 is 15.0 Å². The lowest BCUT2D eigenvalue weighted by Crippen LogP contribution is -2.55. The molecule has 9 nitrogen and oxygen atoms in total. The van der Waals surface area contributed by atoms with E-state index in [1.807, 2.05) is 9.58 Å². The van der Waals surface area contributed by atoms with Crippen molar-refractivity contribution < 1.29 is 14.3 Å². The topological polar surface area (TPSA) is 102 Å². The van der Waals surface area contributed by atoms with Crippen molar-refractivity contribution >= 4 is 11.8 Å². The second kappa shape index (κ2) is 7.22. The number of fused-ring (bicyclic) bond motifs is 1. The van der Waals surface area contributed by atoms with Gasteiger partial charge in [-0.15, -0.1) is 5.10 Å². The van der Waals surface area contributed by atoms with Crippen LogP contribution >= 0.6 is 0 Å². The van der Waals surface area contributed by atoms with Crippen LogP contribution in [0.2, 0.25) is 0 Å². The predicted molar refractivity (Wildman–Crippen MR) is 101 cm³/mol. The molecular weight excluding hydrogens is 372 g/mol. The van der Waals surface area contributed by atoms with Crippen LogP contribution in [0.1, 0.15) is 47.4 Å². The van der Waals surface area contributed by atoms with E-state index in [0.717, 1.165) is 37.1 Å². The fraction of sp³-hybridized carbons (Fsp3) is 0.550. The first-order chi connectivity index (χ1) is 14.1. The minimum absolute atomic E-state index is 0.0198. The zero-order chi connectivity index (χ0) is 19.8. The van der Waals surface area contributed by atoms with Gasteiger partial charge in [-0.25, -0.2) is 4.68 Å². The fourth-order valence-electron chi connectivity index (χ4n) is 4.18. The number of aromatic nitrogens is 4. The van der Waals surface area contributed by atoms with Gasteiger partial charge in [-0.3, -0.25) is 14.6 Å². The van der Waals surface area contributed by atoms with Gasteiger partial charge in [0.15, 0.2) is 0 Å². The number of nitrogens with one attached hydrogen (secondary N) is 1. The molecular formula is C20H24N6O3. The van der Waals surface area contributed by atoms with Gasteiger partial charge in [-0.2, -0.15) is 0 Å². The van der Waals surface area contributed by atoms with E-state index in [1.54, 1.807) is 24.5 Å². The Morgan fingerprint density at radius 2 is 2.21 bits per heavy atom. The van der Waals surface area contributed by atoms with Crippen molar-refractivity contribution in [3.63, 3.8) is 0 Å². The van der Waals surface area contributed by atoms with Gasteiger partial charge in [0.05, 0.1) is 37.5 Å². The first-order valence-corrected chi connectivity index (χ1v) is 10.2. The van der Waals surface area contributed by atoms with Crippen LogP contribution in [0.5, 0.6) is 0 Å². The number of hydrogen-bond donors (Lipinski definition) is 1. The van der Waals surface area contributed by atoms with E-state index >= 15 is 0 Å². The summed E-state index contributed by atoms with van der Waals surface area (Å²) in [6.07, 6.45) is 6.96. The lowest BCUT2D eigenvalue weighted by Gasteiger charge is -2.44. The molecule has 1 N–H and O–H groups in total. The van der Waals surface area contributed by atoms with Crippen molar-refractivity contribution in [2.75, 3.05) is 13.1 Å². The van der Waals surface area contributed by atoms with E-state index in [4.69, 9.17) is 4.74 Å². The third kappa shape index (κ3) is 3.62. The number of piperidine rings is 1. The maximum atomic E-state index is 12.8. The molecule has 0 aromatic carbocycles.